The Kier molecular flexibility index (Phi) is 13.6. The third-order valence-electron chi connectivity index (χ3n) is 13.7. The number of nitrogens with zero attached hydrogens (tertiary/aromatic N) is 1. The topological polar surface area (TPSA) is 111 Å². The summed E-state index contributed by atoms with van der Waals surface area (Å²) in [5.74, 6) is 0.00947. The molecule has 4 fully saturated rings. The lowest BCUT2D eigenvalue weighted by Crippen LogP contribution is -2.59. The average molecular weight is 746 g/mol. The monoisotopic (exact) mass is 745 g/mol. The van der Waals surface area contributed by atoms with E-state index in [1.807, 2.05) is 13.8 Å². The van der Waals surface area contributed by atoms with Crippen molar-refractivity contribution in [2.45, 2.75) is 160 Å². The number of hydrogen-bond acceptors (Lipinski definition) is 11. The Morgan fingerprint density at radius 1 is 0.811 bits per heavy atom. The summed E-state index contributed by atoms with van der Waals surface area (Å²) in [5.41, 5.74) is 2.07. The van der Waals surface area contributed by atoms with Crippen LogP contribution in [0.1, 0.15) is 92.4 Å². The van der Waals surface area contributed by atoms with Gasteiger partial charge in [-0.05, 0) is 115 Å². The van der Waals surface area contributed by atoms with Gasteiger partial charge in [-0.3, -0.25) is 9.59 Å². The van der Waals surface area contributed by atoms with Crippen LogP contribution >= 0.6 is 0 Å². The van der Waals surface area contributed by atoms with E-state index in [0.29, 0.717) is 18.4 Å². The second-order valence-corrected chi connectivity index (χ2v) is 17.0. The van der Waals surface area contributed by atoms with Gasteiger partial charge in [-0.2, -0.15) is 0 Å². The van der Waals surface area contributed by atoms with Gasteiger partial charge in [0.1, 0.15) is 24.4 Å². The molecule has 1 saturated carbocycles. The number of carbonyl (C=O) groups is 2. The predicted molar refractivity (Wildman–Crippen MR) is 199 cm³/mol. The summed E-state index contributed by atoms with van der Waals surface area (Å²) in [6, 6.07) is 0.337. The minimum atomic E-state index is -0.598. The molecule has 11 nitrogen and oxygen atoms in total. The third-order valence-corrected chi connectivity index (χ3v) is 13.7. The van der Waals surface area contributed by atoms with Crippen LogP contribution in [0.5, 0.6) is 0 Å². The zero-order valence-electron chi connectivity index (χ0n) is 33.9. The van der Waals surface area contributed by atoms with Gasteiger partial charge in [0.25, 0.3) is 0 Å². The van der Waals surface area contributed by atoms with Crippen molar-refractivity contribution >= 4 is 11.8 Å². The van der Waals surface area contributed by atoms with Gasteiger partial charge in [0.15, 0.2) is 18.4 Å². The van der Waals surface area contributed by atoms with Crippen LogP contribution in [-0.4, -0.2) is 120 Å². The fourth-order valence-corrected chi connectivity index (χ4v) is 10.8. The number of Topliss-reactive ketones (excluding diaryl/α,β-unsaturated/α-hetero) is 1. The highest BCUT2D eigenvalue weighted by atomic mass is 16.7. The summed E-state index contributed by atoms with van der Waals surface area (Å²) in [7, 11) is 9.16. The molecule has 11 heteroatoms. The second-order valence-electron chi connectivity index (χ2n) is 17.0. The van der Waals surface area contributed by atoms with Crippen LogP contribution in [0.4, 0.5) is 0 Å². The maximum absolute atomic E-state index is 14.7. The standard InChI is InChI=1S/C42H67NO10/c1-11-26-13-12-14-35(53-37-16-15-34(43(6)7)24(4)49-37)23(3)38(45)33-20-31-29(32(33)21-36(44)51-26)17-22(2)28-18-27(19-30(28)31)52-42-41(48-10)40(47-9)39(46-8)25(5)50-42/h17,20,23-32,34-35,37,39-42H,11-16,18-19,21H2,1-10H3/t23-,24-,25+,26+,27-,28+,29-,30-,31-,32+,34+,35+,37+,39+,40-,41?,42+/m1/s1. The normalized spacial score (nSPS) is 45.3. The Balaban J connectivity index is 1.23. The molecule has 0 aromatic heterocycles. The fraction of sp³-hybridized carbons (Fsp3) is 0.857. The van der Waals surface area contributed by atoms with Crippen LogP contribution in [0, 0.1) is 35.5 Å². The number of ketones is 1. The van der Waals surface area contributed by atoms with E-state index in [-0.39, 0.29) is 96.8 Å². The number of likely N-dealkylation sites (N-methyl/N-ethyl adjacent to an activating group) is 1. The molecular weight excluding hydrogens is 678 g/mol. The van der Waals surface area contributed by atoms with Crippen LogP contribution in [0.15, 0.2) is 23.3 Å². The molecule has 3 saturated heterocycles. The first-order valence-electron chi connectivity index (χ1n) is 20.4. The van der Waals surface area contributed by atoms with E-state index in [4.69, 9.17) is 37.9 Å². The molecule has 0 aromatic rings. The molecule has 0 N–H and O–H groups in total. The minimum Gasteiger partial charge on any atom is -0.462 e. The van der Waals surface area contributed by atoms with E-state index in [2.05, 4.69) is 51.9 Å². The number of esters is 1. The Bertz CT molecular complexity index is 1330. The predicted octanol–water partition coefficient (Wildman–Crippen LogP) is 5.88. The minimum absolute atomic E-state index is 0.0364. The Hall–Kier alpha value is -1.70. The van der Waals surface area contributed by atoms with Crippen molar-refractivity contribution in [1.29, 1.82) is 0 Å². The number of carbonyl (C=O) groups excluding carboxylic acids is 2. The van der Waals surface area contributed by atoms with Gasteiger partial charge in [0.05, 0.1) is 30.8 Å². The molecule has 6 rings (SSSR count). The highest BCUT2D eigenvalue weighted by Gasteiger charge is 2.53. The molecule has 3 heterocycles. The maximum Gasteiger partial charge on any atom is 0.306 e. The second kappa shape index (κ2) is 17.6. The number of hydrogen-bond donors (Lipinski definition) is 0. The molecular formula is C42H67NO10. The van der Waals surface area contributed by atoms with Crippen molar-refractivity contribution in [3.63, 3.8) is 0 Å². The van der Waals surface area contributed by atoms with Crippen molar-refractivity contribution in [3.8, 4) is 0 Å². The van der Waals surface area contributed by atoms with Gasteiger partial charge in [-0.25, -0.2) is 0 Å². The van der Waals surface area contributed by atoms with E-state index in [1.54, 1.807) is 21.3 Å². The van der Waals surface area contributed by atoms with Gasteiger partial charge in [0.2, 0.25) is 0 Å². The van der Waals surface area contributed by atoms with Gasteiger partial charge in [-0.15, -0.1) is 0 Å². The lowest BCUT2D eigenvalue weighted by molar-refractivity contribution is -0.314. The molecule has 300 valence electrons. The van der Waals surface area contributed by atoms with E-state index >= 15 is 0 Å². The van der Waals surface area contributed by atoms with Crippen molar-refractivity contribution in [1.82, 2.24) is 4.90 Å². The molecule has 53 heavy (non-hydrogen) atoms. The van der Waals surface area contributed by atoms with Gasteiger partial charge in [0, 0.05) is 39.2 Å². The van der Waals surface area contributed by atoms with Crippen LogP contribution in [0.2, 0.25) is 0 Å². The average Bonchev–Trinajstić information content (AvgIpc) is 3.71. The molecule has 0 radical (unpaired) electrons. The maximum atomic E-state index is 14.7. The SMILES string of the molecule is CC[C@H]1CCC[C@H](O[C@H]2CC[C@H](N(C)C)[C@@H](C)O2)[C@@H](C)C(=O)C2=C[C@@H]3[C@@H](C=C(C)[C@@H]4C[C@@H](O[C@@H]5O[C@@H](C)[C@H](OC)[C@@H](OC)C5OC)C[C@@H]34)[C@@H]2CC(=O)O1. The smallest absolute Gasteiger partial charge is 0.306 e. The van der Waals surface area contributed by atoms with E-state index < -0.39 is 12.4 Å². The molecule has 3 aliphatic heterocycles. The van der Waals surface area contributed by atoms with E-state index in [9.17, 15) is 9.59 Å². The van der Waals surface area contributed by atoms with Crippen LogP contribution in [0.25, 0.3) is 0 Å². The summed E-state index contributed by atoms with van der Waals surface area (Å²) in [4.78, 5) is 30.5. The van der Waals surface area contributed by atoms with Crippen molar-refractivity contribution in [2.75, 3.05) is 35.4 Å². The first-order chi connectivity index (χ1) is 25.4. The Morgan fingerprint density at radius 2 is 1.55 bits per heavy atom. The summed E-state index contributed by atoms with van der Waals surface area (Å²) >= 11 is 0. The fourth-order valence-electron chi connectivity index (χ4n) is 10.8. The molecule has 0 spiro atoms. The van der Waals surface area contributed by atoms with E-state index in [0.717, 1.165) is 50.5 Å². The molecule has 6 aliphatic rings. The van der Waals surface area contributed by atoms with Crippen LogP contribution < -0.4 is 0 Å². The Morgan fingerprint density at radius 3 is 2.21 bits per heavy atom. The molecule has 0 bridgehead atoms. The number of fused-ring (bicyclic) bond motifs is 5. The van der Waals surface area contributed by atoms with Crippen LogP contribution in [-0.2, 0) is 47.5 Å². The molecule has 0 aromatic carbocycles. The van der Waals surface area contributed by atoms with Crippen molar-refractivity contribution < 1.29 is 47.5 Å². The highest BCUT2D eigenvalue weighted by molar-refractivity contribution is 5.99. The largest absolute Gasteiger partial charge is 0.462 e. The lowest BCUT2D eigenvalue weighted by Gasteiger charge is -2.44. The van der Waals surface area contributed by atoms with Crippen molar-refractivity contribution in [3.05, 3.63) is 23.3 Å². The number of ether oxygens (including phenoxy) is 8. The summed E-state index contributed by atoms with van der Waals surface area (Å²) in [6.45, 7) is 10.4. The lowest BCUT2D eigenvalue weighted by atomic mass is 9.67. The van der Waals surface area contributed by atoms with Gasteiger partial charge >= 0.3 is 5.97 Å². The molecule has 17 atom stereocenters. The summed E-state index contributed by atoms with van der Waals surface area (Å²) in [5, 5.41) is 0. The third kappa shape index (κ3) is 8.53. The molecule has 3 aliphatic carbocycles. The van der Waals surface area contributed by atoms with Crippen LogP contribution in [0.3, 0.4) is 0 Å². The first kappa shape index (κ1) is 40.9. The zero-order valence-corrected chi connectivity index (χ0v) is 33.9. The van der Waals surface area contributed by atoms with E-state index in [1.165, 1.54) is 5.57 Å². The number of methoxy groups -OCH3 is 3. The van der Waals surface area contributed by atoms with Gasteiger partial charge < -0.3 is 42.8 Å². The molecule has 0 amide bonds. The number of allylic oxidation sites excluding steroid dienone is 4. The molecule has 1 unspecified atom stereocenters. The number of rotatable bonds is 9. The summed E-state index contributed by atoms with van der Waals surface area (Å²) in [6.07, 6.45) is 8.58. The number of cyclic esters (lactones) is 1. The van der Waals surface area contributed by atoms with Gasteiger partial charge in [-0.1, -0.05) is 31.6 Å². The first-order valence-corrected chi connectivity index (χ1v) is 20.4. The Labute approximate surface area is 317 Å². The summed E-state index contributed by atoms with van der Waals surface area (Å²) < 4.78 is 49.8. The zero-order chi connectivity index (χ0) is 38.1. The quantitative estimate of drug-likeness (QED) is 0.209. The highest BCUT2D eigenvalue weighted by Crippen LogP contribution is 2.56. The van der Waals surface area contributed by atoms with Crippen molar-refractivity contribution in [2.24, 2.45) is 35.5 Å².